The van der Waals surface area contributed by atoms with Gasteiger partial charge in [-0.3, -0.25) is 0 Å². The molecule has 0 fully saturated rings. The summed E-state index contributed by atoms with van der Waals surface area (Å²) in [7, 11) is 0. The Morgan fingerprint density at radius 1 is 0.446 bits per heavy atom. The van der Waals surface area contributed by atoms with Crippen molar-refractivity contribution in [1.82, 2.24) is 9.97 Å². The Hall–Kier alpha value is -6.90. The van der Waals surface area contributed by atoms with Gasteiger partial charge in [0.15, 0.2) is 0 Å². The Balaban J connectivity index is 1.08. The molecule has 0 spiro atoms. The molecule has 8 aromatic rings. The highest BCUT2D eigenvalue weighted by Crippen LogP contribution is 2.40. The number of hydrogen-bond acceptors (Lipinski definition) is 2. The van der Waals surface area contributed by atoms with E-state index in [1.807, 2.05) is 0 Å². The van der Waals surface area contributed by atoms with Gasteiger partial charge in [0, 0.05) is 28.3 Å². The second-order valence-corrected chi connectivity index (χ2v) is 14.9. The van der Waals surface area contributed by atoms with Crippen molar-refractivity contribution in [3.63, 3.8) is 0 Å². The van der Waals surface area contributed by atoms with E-state index in [-0.39, 0.29) is 5.92 Å². The molecule has 0 bridgehead atoms. The molecule has 2 aliphatic carbocycles. The van der Waals surface area contributed by atoms with E-state index in [2.05, 4.69) is 206 Å². The molecule has 2 heterocycles. The third-order valence-corrected chi connectivity index (χ3v) is 11.3. The molecule has 266 valence electrons. The van der Waals surface area contributed by atoms with E-state index in [0.29, 0.717) is 5.92 Å². The van der Waals surface area contributed by atoms with Crippen LogP contribution in [0.4, 0.5) is 0 Å². The number of nitrogens with zero attached hydrogens (tertiary/aromatic N) is 2. The summed E-state index contributed by atoms with van der Waals surface area (Å²) in [5, 5.41) is 3.67. The maximum absolute atomic E-state index is 5.31. The molecule has 2 nitrogen and oxygen atoms in total. The van der Waals surface area contributed by atoms with Crippen LogP contribution >= 0.6 is 0 Å². The normalized spacial score (nSPS) is 16.3. The Morgan fingerprint density at radius 3 is 1.84 bits per heavy atom. The fourth-order valence-electron chi connectivity index (χ4n) is 8.35. The molecule has 0 aliphatic heterocycles. The first-order valence-corrected chi connectivity index (χ1v) is 19.6. The highest BCUT2D eigenvalue weighted by Gasteiger charge is 2.19. The second kappa shape index (κ2) is 14.7. The van der Waals surface area contributed by atoms with E-state index in [1.54, 1.807) is 0 Å². The molecule has 0 saturated carbocycles. The highest BCUT2D eigenvalue weighted by atomic mass is 14.7. The predicted molar refractivity (Wildman–Crippen MR) is 235 cm³/mol. The third-order valence-electron chi connectivity index (χ3n) is 11.3. The van der Waals surface area contributed by atoms with E-state index in [1.165, 1.54) is 44.0 Å². The van der Waals surface area contributed by atoms with Crippen LogP contribution in [0, 0.1) is 0 Å². The molecule has 2 aliphatic rings. The zero-order chi connectivity index (χ0) is 37.3. The summed E-state index contributed by atoms with van der Waals surface area (Å²) >= 11 is 0. The van der Waals surface area contributed by atoms with Crippen molar-refractivity contribution in [2.24, 2.45) is 0 Å². The summed E-state index contributed by atoms with van der Waals surface area (Å²) in [5.74, 6) is 0.655. The molecule has 2 heteroatoms. The molecule has 2 atom stereocenters. The molecule has 0 saturated heterocycles. The van der Waals surface area contributed by atoms with Crippen molar-refractivity contribution in [3.8, 4) is 44.8 Å². The number of allylic oxidation sites excluding steroid dienone is 8. The number of hydrogen-bond donors (Lipinski definition) is 0. The molecule has 0 radical (unpaired) electrons. The average molecular weight is 717 g/mol. The SMILES string of the molecule is C1=CCC(c2cc(-c3ccccc3)nc3ccc4cc(-c5cc(C6=CCC(c7ccccc7)C=C6)nc(-c6ccc(-c7ccccc7)cc6)c5)ccc4c23)C=C1. The number of fused-ring (bicyclic) bond motifs is 3. The molecule has 0 N–H and O–H groups in total. The van der Waals surface area contributed by atoms with Crippen LogP contribution in [-0.2, 0) is 0 Å². The predicted octanol–water partition coefficient (Wildman–Crippen LogP) is 14.2. The van der Waals surface area contributed by atoms with E-state index in [9.17, 15) is 0 Å². The Morgan fingerprint density at radius 2 is 1.11 bits per heavy atom. The minimum atomic E-state index is 0.287. The zero-order valence-corrected chi connectivity index (χ0v) is 31.1. The van der Waals surface area contributed by atoms with Crippen molar-refractivity contribution in [1.29, 1.82) is 0 Å². The number of rotatable bonds is 7. The lowest BCUT2D eigenvalue weighted by atomic mass is 9.86. The summed E-state index contributed by atoms with van der Waals surface area (Å²) in [6, 6.07) is 58.9. The van der Waals surface area contributed by atoms with Crippen LogP contribution in [-0.4, -0.2) is 9.97 Å². The first-order chi connectivity index (χ1) is 27.7. The van der Waals surface area contributed by atoms with Gasteiger partial charge in [0.05, 0.1) is 22.6 Å². The van der Waals surface area contributed by atoms with Gasteiger partial charge in [-0.05, 0) is 92.9 Å². The van der Waals surface area contributed by atoms with Crippen LogP contribution in [0.25, 0.3) is 72.0 Å². The topological polar surface area (TPSA) is 25.8 Å². The van der Waals surface area contributed by atoms with Crippen molar-refractivity contribution < 1.29 is 0 Å². The van der Waals surface area contributed by atoms with Gasteiger partial charge >= 0.3 is 0 Å². The quantitative estimate of drug-likeness (QED) is 0.153. The summed E-state index contributed by atoms with van der Waals surface area (Å²) in [6.07, 6.45) is 17.8. The number of aromatic nitrogens is 2. The first-order valence-electron chi connectivity index (χ1n) is 19.6. The standard InChI is InChI=1S/C54H40N2/c1-5-13-37(14-6-1)39-21-25-43(26-22-39)51-34-47(35-52(56-51)44-27-23-40(24-28-44)38-15-7-2-8-16-38)45-29-31-48-46(33-45)30-32-50-54(48)49(41-17-9-3-10-18-41)36-53(55-50)42-19-11-4-12-20-42/h1-17,19-23,25-36,40-41H,18,24H2. The van der Waals surface area contributed by atoms with Crippen LogP contribution in [0.15, 0.2) is 206 Å². The van der Waals surface area contributed by atoms with Crippen LogP contribution < -0.4 is 0 Å². The molecule has 6 aromatic carbocycles. The average Bonchev–Trinajstić information content (AvgIpc) is 3.29. The monoisotopic (exact) mass is 716 g/mol. The smallest absolute Gasteiger partial charge is 0.0718 e. The van der Waals surface area contributed by atoms with Crippen LogP contribution in [0.1, 0.15) is 41.5 Å². The van der Waals surface area contributed by atoms with E-state index in [0.717, 1.165) is 57.7 Å². The van der Waals surface area contributed by atoms with Gasteiger partial charge in [0.2, 0.25) is 0 Å². The maximum Gasteiger partial charge on any atom is 0.0718 e. The summed E-state index contributed by atoms with van der Waals surface area (Å²) in [5.41, 5.74) is 14.8. The van der Waals surface area contributed by atoms with Crippen molar-refractivity contribution in [2.75, 3.05) is 0 Å². The highest BCUT2D eigenvalue weighted by molar-refractivity contribution is 6.10. The molecular formula is C54H40N2. The van der Waals surface area contributed by atoms with Gasteiger partial charge in [-0.15, -0.1) is 0 Å². The lowest BCUT2D eigenvalue weighted by molar-refractivity contribution is 0.856. The van der Waals surface area contributed by atoms with Gasteiger partial charge < -0.3 is 0 Å². The van der Waals surface area contributed by atoms with Crippen molar-refractivity contribution >= 4 is 27.2 Å². The van der Waals surface area contributed by atoms with Gasteiger partial charge in [-0.25, -0.2) is 9.97 Å². The second-order valence-electron chi connectivity index (χ2n) is 14.9. The summed E-state index contributed by atoms with van der Waals surface area (Å²) < 4.78 is 0. The Bertz CT molecular complexity index is 2830. The third kappa shape index (κ3) is 6.61. The lowest BCUT2D eigenvalue weighted by Gasteiger charge is -2.19. The van der Waals surface area contributed by atoms with E-state index >= 15 is 0 Å². The van der Waals surface area contributed by atoms with Crippen molar-refractivity contribution in [2.45, 2.75) is 24.7 Å². The zero-order valence-electron chi connectivity index (χ0n) is 31.1. The van der Waals surface area contributed by atoms with Gasteiger partial charge in [0.1, 0.15) is 0 Å². The molecule has 2 aromatic heterocycles. The van der Waals surface area contributed by atoms with E-state index < -0.39 is 0 Å². The van der Waals surface area contributed by atoms with Gasteiger partial charge in [0.25, 0.3) is 0 Å². The maximum atomic E-state index is 5.31. The number of benzene rings is 6. The molecule has 10 rings (SSSR count). The fourth-order valence-corrected chi connectivity index (χ4v) is 8.35. The fraction of sp³-hybridized carbons (Fsp3) is 0.0741. The molecular weight excluding hydrogens is 677 g/mol. The van der Waals surface area contributed by atoms with Crippen LogP contribution in [0.5, 0.6) is 0 Å². The van der Waals surface area contributed by atoms with Crippen LogP contribution in [0.3, 0.4) is 0 Å². The molecule has 0 amide bonds. The molecule has 56 heavy (non-hydrogen) atoms. The van der Waals surface area contributed by atoms with E-state index in [4.69, 9.17) is 9.97 Å². The molecule has 2 unspecified atom stereocenters. The Kier molecular flexibility index (Phi) is 8.85. The largest absolute Gasteiger partial charge is 0.248 e. The minimum Gasteiger partial charge on any atom is -0.248 e. The Labute approximate surface area is 328 Å². The summed E-state index contributed by atoms with van der Waals surface area (Å²) in [4.78, 5) is 10.5. The summed E-state index contributed by atoms with van der Waals surface area (Å²) in [6.45, 7) is 0. The van der Waals surface area contributed by atoms with Gasteiger partial charge in [-0.1, -0.05) is 176 Å². The minimum absolute atomic E-state index is 0.287. The number of pyridine rings is 2. The van der Waals surface area contributed by atoms with Gasteiger partial charge in [-0.2, -0.15) is 0 Å². The first kappa shape index (κ1) is 33.7. The lowest BCUT2D eigenvalue weighted by Crippen LogP contribution is -2.01. The van der Waals surface area contributed by atoms with Crippen molar-refractivity contribution in [3.05, 3.63) is 223 Å². The van der Waals surface area contributed by atoms with Crippen LogP contribution in [0.2, 0.25) is 0 Å².